The Kier molecular flexibility index (Phi) is 4.02. The molecule has 0 aromatic rings. The molecule has 0 aliphatic carbocycles. The maximum absolute atomic E-state index is 11.8. The zero-order valence-electron chi connectivity index (χ0n) is 9.73. The topological polar surface area (TPSA) is 62.1 Å². The molecule has 1 aliphatic heterocycles. The van der Waals surface area contributed by atoms with Crippen molar-refractivity contribution in [2.24, 2.45) is 5.16 Å². The number of ether oxygens (including phenoxy) is 1. The molecule has 92 valence electrons. The molecule has 0 saturated carbocycles. The normalized spacial score (nSPS) is 22.4. The zero-order valence-corrected chi connectivity index (χ0v) is 10.5. The molecule has 0 aromatic carbocycles. The van der Waals surface area contributed by atoms with Crippen LogP contribution in [0.5, 0.6) is 0 Å². The number of carbonyl (C=O) groups excluding carboxylic acids is 1. The molecule has 1 atom stereocenters. The highest BCUT2D eigenvalue weighted by atomic mass is 35.5. The first-order chi connectivity index (χ1) is 7.35. The lowest BCUT2D eigenvalue weighted by atomic mass is 10.2. The molecular weight excluding hydrogens is 232 g/mol. The number of nitrogens with zero attached hydrogens (tertiary/aromatic N) is 2. The van der Waals surface area contributed by atoms with Gasteiger partial charge in [-0.1, -0.05) is 16.8 Å². The lowest BCUT2D eigenvalue weighted by molar-refractivity contribution is 0.0266. The molecule has 1 N–H and O–H groups in total. The summed E-state index contributed by atoms with van der Waals surface area (Å²) in [4.78, 5) is 13.3. The van der Waals surface area contributed by atoms with Crippen molar-refractivity contribution in [2.45, 2.75) is 45.3 Å². The second-order valence-corrected chi connectivity index (χ2v) is 5.14. The van der Waals surface area contributed by atoms with E-state index in [-0.39, 0.29) is 11.2 Å². The van der Waals surface area contributed by atoms with Gasteiger partial charge in [0.05, 0.1) is 6.04 Å². The van der Waals surface area contributed by atoms with E-state index in [9.17, 15) is 4.79 Å². The highest BCUT2D eigenvalue weighted by molar-refractivity contribution is 6.66. The van der Waals surface area contributed by atoms with Crippen LogP contribution in [0.2, 0.25) is 0 Å². The van der Waals surface area contributed by atoms with Gasteiger partial charge in [-0.15, -0.1) is 0 Å². The van der Waals surface area contributed by atoms with E-state index in [4.69, 9.17) is 21.5 Å². The molecule has 0 aromatic heterocycles. The summed E-state index contributed by atoms with van der Waals surface area (Å²) in [7, 11) is 0. The number of hydrogen-bond acceptors (Lipinski definition) is 4. The van der Waals surface area contributed by atoms with Crippen molar-refractivity contribution in [3.8, 4) is 0 Å². The fraction of sp³-hybridized carbons (Fsp3) is 0.800. The van der Waals surface area contributed by atoms with Crippen LogP contribution < -0.4 is 0 Å². The van der Waals surface area contributed by atoms with Crippen molar-refractivity contribution >= 4 is 22.9 Å². The Morgan fingerprint density at radius 1 is 1.56 bits per heavy atom. The van der Waals surface area contributed by atoms with Crippen LogP contribution in [0.3, 0.4) is 0 Å². The molecule has 6 heteroatoms. The van der Waals surface area contributed by atoms with Gasteiger partial charge in [0.2, 0.25) is 0 Å². The number of likely N-dealkylation sites (tertiary alicyclic amines) is 1. The number of carbonyl (C=O) groups is 1. The molecule has 5 nitrogen and oxygen atoms in total. The van der Waals surface area contributed by atoms with Crippen LogP contribution in [-0.4, -0.2) is 39.6 Å². The number of hydrogen-bond donors (Lipinski definition) is 1. The minimum atomic E-state index is -0.535. The van der Waals surface area contributed by atoms with E-state index in [1.165, 1.54) is 4.90 Å². The van der Waals surface area contributed by atoms with Crippen molar-refractivity contribution in [1.29, 1.82) is 0 Å². The summed E-state index contributed by atoms with van der Waals surface area (Å²) < 4.78 is 5.24. The van der Waals surface area contributed by atoms with Crippen molar-refractivity contribution in [3.63, 3.8) is 0 Å². The summed E-state index contributed by atoms with van der Waals surface area (Å²) in [5, 5.41) is 11.6. The SMILES string of the molecule is CC(C)(C)OC(=O)N1CCC[C@H]1/C(Cl)=N\O. The van der Waals surface area contributed by atoms with Crippen LogP contribution in [0.1, 0.15) is 33.6 Å². The minimum absolute atomic E-state index is 0.0309. The molecule has 1 fully saturated rings. The molecule has 1 heterocycles. The third-order valence-corrected chi connectivity index (χ3v) is 2.58. The molecule has 1 rings (SSSR count). The zero-order chi connectivity index (χ0) is 12.3. The summed E-state index contributed by atoms with van der Waals surface area (Å²) in [6.45, 7) is 5.98. The van der Waals surface area contributed by atoms with Crippen molar-refractivity contribution in [3.05, 3.63) is 0 Å². The van der Waals surface area contributed by atoms with E-state index in [0.29, 0.717) is 13.0 Å². The summed E-state index contributed by atoms with van der Waals surface area (Å²) >= 11 is 5.73. The number of halogens is 1. The minimum Gasteiger partial charge on any atom is -0.444 e. The van der Waals surface area contributed by atoms with E-state index in [2.05, 4.69) is 5.16 Å². The highest BCUT2D eigenvalue weighted by Gasteiger charge is 2.34. The second-order valence-electron chi connectivity index (χ2n) is 4.75. The van der Waals surface area contributed by atoms with Gasteiger partial charge in [-0.3, -0.25) is 4.90 Å². The van der Waals surface area contributed by atoms with Gasteiger partial charge in [0.15, 0.2) is 5.17 Å². The van der Waals surface area contributed by atoms with Gasteiger partial charge in [0, 0.05) is 6.54 Å². The molecule has 1 aliphatic rings. The van der Waals surface area contributed by atoms with Gasteiger partial charge in [-0.05, 0) is 33.6 Å². The van der Waals surface area contributed by atoms with Gasteiger partial charge in [-0.2, -0.15) is 0 Å². The molecule has 16 heavy (non-hydrogen) atoms. The first kappa shape index (κ1) is 13.1. The van der Waals surface area contributed by atoms with Crippen LogP contribution in [0.15, 0.2) is 5.16 Å². The van der Waals surface area contributed by atoms with E-state index < -0.39 is 11.7 Å². The van der Waals surface area contributed by atoms with Gasteiger partial charge in [0.25, 0.3) is 0 Å². The van der Waals surface area contributed by atoms with E-state index in [1.54, 1.807) is 20.8 Å². The lowest BCUT2D eigenvalue weighted by Crippen LogP contribution is -2.42. The largest absolute Gasteiger partial charge is 0.444 e. The predicted octanol–water partition coefficient (Wildman–Crippen LogP) is 2.41. The van der Waals surface area contributed by atoms with Crippen molar-refractivity contribution in [2.75, 3.05) is 6.54 Å². The third kappa shape index (κ3) is 3.27. The maximum Gasteiger partial charge on any atom is 0.410 e. The molecular formula is C10H17ClN2O3. The van der Waals surface area contributed by atoms with E-state index >= 15 is 0 Å². The summed E-state index contributed by atoms with van der Waals surface area (Å²) in [6, 6.07) is -0.360. The standard InChI is InChI=1S/C10H17ClN2O3/c1-10(2,3)16-9(14)13-6-4-5-7(13)8(11)12-15/h7,15H,4-6H2,1-3H3/b12-8+/t7-/m0/s1. The van der Waals surface area contributed by atoms with Gasteiger partial charge in [0.1, 0.15) is 5.60 Å². The first-order valence-electron chi connectivity index (χ1n) is 5.22. The molecule has 1 saturated heterocycles. The van der Waals surface area contributed by atoms with Gasteiger partial charge >= 0.3 is 6.09 Å². The average Bonchev–Trinajstić information content (AvgIpc) is 2.62. The average molecular weight is 249 g/mol. The fourth-order valence-electron chi connectivity index (χ4n) is 1.62. The van der Waals surface area contributed by atoms with Crippen molar-refractivity contribution in [1.82, 2.24) is 4.90 Å². The quantitative estimate of drug-likeness (QED) is 0.440. The molecule has 0 spiro atoms. The molecule has 0 radical (unpaired) electrons. The summed E-state index contributed by atoms with van der Waals surface area (Å²) in [5.74, 6) is 0. The Hall–Kier alpha value is -0.970. The van der Waals surface area contributed by atoms with E-state index in [0.717, 1.165) is 6.42 Å². The van der Waals surface area contributed by atoms with Crippen LogP contribution in [-0.2, 0) is 4.74 Å². The second kappa shape index (κ2) is 4.91. The summed E-state index contributed by atoms with van der Waals surface area (Å²) in [6.07, 6.45) is 1.11. The van der Waals surface area contributed by atoms with Crippen LogP contribution >= 0.6 is 11.6 Å². The first-order valence-corrected chi connectivity index (χ1v) is 5.60. The lowest BCUT2D eigenvalue weighted by Gasteiger charge is -2.27. The Morgan fingerprint density at radius 2 is 2.19 bits per heavy atom. The fourth-order valence-corrected chi connectivity index (χ4v) is 1.85. The van der Waals surface area contributed by atoms with Crippen LogP contribution in [0.4, 0.5) is 4.79 Å². The highest BCUT2D eigenvalue weighted by Crippen LogP contribution is 2.22. The van der Waals surface area contributed by atoms with E-state index in [1.807, 2.05) is 0 Å². The maximum atomic E-state index is 11.8. The van der Waals surface area contributed by atoms with Crippen LogP contribution in [0.25, 0.3) is 0 Å². The molecule has 0 bridgehead atoms. The number of rotatable bonds is 1. The summed E-state index contributed by atoms with van der Waals surface area (Å²) in [5.41, 5.74) is -0.535. The molecule has 1 amide bonds. The van der Waals surface area contributed by atoms with Crippen molar-refractivity contribution < 1.29 is 14.7 Å². The third-order valence-electron chi connectivity index (χ3n) is 2.25. The Labute approximate surface area is 100.0 Å². The van der Waals surface area contributed by atoms with Crippen LogP contribution in [0, 0.1) is 0 Å². The Morgan fingerprint density at radius 3 is 2.69 bits per heavy atom. The number of oxime groups is 1. The Bertz CT molecular complexity index is 299. The van der Waals surface area contributed by atoms with Gasteiger partial charge in [-0.25, -0.2) is 4.79 Å². The smallest absolute Gasteiger partial charge is 0.410 e. The predicted molar refractivity (Wildman–Crippen MR) is 61.0 cm³/mol. The monoisotopic (exact) mass is 248 g/mol. The Balaban J connectivity index is 2.69. The molecule has 0 unspecified atom stereocenters. The number of amides is 1. The van der Waals surface area contributed by atoms with Gasteiger partial charge < -0.3 is 9.94 Å².